The molecule has 0 spiro atoms. The summed E-state index contributed by atoms with van der Waals surface area (Å²) in [5.41, 5.74) is 3.94. The number of fused-ring (bicyclic) bond motifs is 1. The van der Waals surface area contributed by atoms with Gasteiger partial charge in [-0.25, -0.2) is 0 Å². The molecule has 0 aliphatic carbocycles. The number of halogens is 1. The van der Waals surface area contributed by atoms with Gasteiger partial charge in [0.1, 0.15) is 0 Å². The molecular formula is C16H15ClN2O. The summed E-state index contributed by atoms with van der Waals surface area (Å²) in [6, 6.07) is 7.67. The first kappa shape index (κ1) is 13.1. The van der Waals surface area contributed by atoms with Gasteiger partial charge >= 0.3 is 0 Å². The number of aryl methyl sites for hydroxylation is 1. The third kappa shape index (κ3) is 2.68. The first-order valence-corrected chi connectivity index (χ1v) is 7.10. The normalized spacial score (nSPS) is 13.4. The molecule has 102 valence electrons. The third-order valence-electron chi connectivity index (χ3n) is 3.57. The Morgan fingerprint density at radius 1 is 1.35 bits per heavy atom. The number of ketones is 1. The van der Waals surface area contributed by atoms with Crippen molar-refractivity contribution in [3.05, 3.63) is 58.4 Å². The van der Waals surface area contributed by atoms with Crippen LogP contribution in [0.15, 0.2) is 36.7 Å². The quantitative estimate of drug-likeness (QED) is 0.878. The number of Topliss-reactive ketones (excluding diaryl/α,β-unsaturated/α-hetero) is 1. The molecule has 1 aliphatic rings. The Morgan fingerprint density at radius 3 is 3.10 bits per heavy atom. The van der Waals surface area contributed by atoms with E-state index in [4.69, 9.17) is 11.6 Å². The van der Waals surface area contributed by atoms with Crippen molar-refractivity contribution >= 4 is 23.1 Å². The first-order valence-electron chi connectivity index (χ1n) is 6.72. The van der Waals surface area contributed by atoms with Crippen LogP contribution in [0.5, 0.6) is 0 Å². The van der Waals surface area contributed by atoms with Crippen LogP contribution in [0, 0.1) is 0 Å². The molecule has 0 unspecified atom stereocenters. The number of carbonyl (C=O) groups excluding carboxylic acids is 1. The zero-order valence-corrected chi connectivity index (χ0v) is 11.8. The van der Waals surface area contributed by atoms with E-state index < -0.39 is 0 Å². The Hall–Kier alpha value is -1.87. The van der Waals surface area contributed by atoms with Crippen LogP contribution in [0.1, 0.15) is 27.9 Å². The predicted octanol–water partition coefficient (Wildman–Crippen LogP) is 3.52. The van der Waals surface area contributed by atoms with Gasteiger partial charge in [-0.15, -0.1) is 0 Å². The monoisotopic (exact) mass is 286 g/mol. The maximum absolute atomic E-state index is 12.4. The Morgan fingerprint density at radius 2 is 2.25 bits per heavy atom. The van der Waals surface area contributed by atoms with Gasteiger partial charge in [0, 0.05) is 36.6 Å². The average Bonchev–Trinajstić information content (AvgIpc) is 2.49. The lowest BCUT2D eigenvalue weighted by molar-refractivity contribution is 0.0993. The molecule has 0 atom stereocenters. The van der Waals surface area contributed by atoms with Gasteiger partial charge in [0.05, 0.1) is 5.02 Å². The fourth-order valence-corrected chi connectivity index (χ4v) is 2.66. The minimum Gasteiger partial charge on any atom is -0.385 e. The standard InChI is InChI=1S/C16H15ClN2O/c17-14-10-18-7-5-11(14)9-16(20)13-3-4-15-12(8-13)2-1-6-19-15/h3-5,7-8,10,19H,1-2,6,9H2. The molecule has 1 aromatic carbocycles. The molecule has 0 saturated heterocycles. The predicted molar refractivity (Wildman–Crippen MR) is 80.5 cm³/mol. The van der Waals surface area contributed by atoms with Gasteiger partial charge in [0.25, 0.3) is 0 Å². The highest BCUT2D eigenvalue weighted by Gasteiger charge is 2.14. The maximum atomic E-state index is 12.4. The van der Waals surface area contributed by atoms with Gasteiger partial charge < -0.3 is 5.32 Å². The molecule has 3 rings (SSSR count). The van der Waals surface area contributed by atoms with Crippen LogP contribution in [0.2, 0.25) is 5.02 Å². The molecule has 1 N–H and O–H groups in total. The number of pyridine rings is 1. The zero-order chi connectivity index (χ0) is 13.9. The van der Waals surface area contributed by atoms with E-state index in [2.05, 4.69) is 10.3 Å². The third-order valence-corrected chi connectivity index (χ3v) is 3.91. The summed E-state index contributed by atoms with van der Waals surface area (Å²) in [7, 11) is 0. The minimum atomic E-state index is 0.0893. The Bertz CT molecular complexity index is 655. The number of aromatic nitrogens is 1. The van der Waals surface area contributed by atoms with Crippen molar-refractivity contribution in [3.8, 4) is 0 Å². The van der Waals surface area contributed by atoms with E-state index >= 15 is 0 Å². The SMILES string of the molecule is O=C(Cc1ccncc1Cl)c1ccc2c(c1)CCCN2. The number of anilines is 1. The molecule has 2 aromatic rings. The fraction of sp³-hybridized carbons (Fsp3) is 0.250. The molecule has 4 heteroatoms. The molecule has 0 saturated carbocycles. The lowest BCUT2D eigenvalue weighted by Gasteiger charge is -2.18. The van der Waals surface area contributed by atoms with Gasteiger partial charge in [-0.3, -0.25) is 9.78 Å². The molecule has 20 heavy (non-hydrogen) atoms. The number of nitrogens with zero attached hydrogens (tertiary/aromatic N) is 1. The van der Waals surface area contributed by atoms with Crippen LogP contribution in [0.25, 0.3) is 0 Å². The van der Waals surface area contributed by atoms with Gasteiger partial charge in [-0.1, -0.05) is 11.6 Å². The number of carbonyl (C=O) groups is 1. The van der Waals surface area contributed by atoms with Crippen molar-refractivity contribution in [1.29, 1.82) is 0 Å². The molecule has 0 radical (unpaired) electrons. The molecule has 1 aromatic heterocycles. The van der Waals surface area contributed by atoms with Crippen LogP contribution in [-0.2, 0) is 12.8 Å². The largest absolute Gasteiger partial charge is 0.385 e. The van der Waals surface area contributed by atoms with Crippen molar-refractivity contribution in [2.75, 3.05) is 11.9 Å². The zero-order valence-electron chi connectivity index (χ0n) is 11.0. The second kappa shape index (κ2) is 5.63. The van der Waals surface area contributed by atoms with Gasteiger partial charge in [-0.2, -0.15) is 0 Å². The summed E-state index contributed by atoms with van der Waals surface area (Å²) in [5, 5.41) is 3.89. The van der Waals surface area contributed by atoms with Crippen molar-refractivity contribution in [3.63, 3.8) is 0 Å². The van der Waals surface area contributed by atoms with Crippen LogP contribution >= 0.6 is 11.6 Å². The molecule has 0 bridgehead atoms. The summed E-state index contributed by atoms with van der Waals surface area (Å²) < 4.78 is 0. The highest BCUT2D eigenvalue weighted by molar-refractivity contribution is 6.31. The molecule has 2 heterocycles. The van der Waals surface area contributed by atoms with Crippen LogP contribution in [0.4, 0.5) is 5.69 Å². The molecule has 3 nitrogen and oxygen atoms in total. The molecular weight excluding hydrogens is 272 g/mol. The van der Waals surface area contributed by atoms with E-state index in [0.29, 0.717) is 11.4 Å². The smallest absolute Gasteiger partial charge is 0.167 e. The average molecular weight is 287 g/mol. The summed E-state index contributed by atoms with van der Waals surface area (Å²) in [6.45, 7) is 1.01. The van der Waals surface area contributed by atoms with Crippen LogP contribution < -0.4 is 5.32 Å². The van der Waals surface area contributed by atoms with Crippen molar-refractivity contribution in [1.82, 2.24) is 4.98 Å². The van der Waals surface area contributed by atoms with E-state index in [0.717, 1.165) is 36.2 Å². The van der Waals surface area contributed by atoms with E-state index in [9.17, 15) is 4.79 Å². The summed E-state index contributed by atoms with van der Waals surface area (Å²) >= 11 is 6.05. The maximum Gasteiger partial charge on any atom is 0.167 e. The Labute approximate surface area is 123 Å². The molecule has 0 fully saturated rings. The van der Waals surface area contributed by atoms with Gasteiger partial charge in [0.2, 0.25) is 0 Å². The van der Waals surface area contributed by atoms with Gasteiger partial charge in [0.15, 0.2) is 5.78 Å². The fourth-order valence-electron chi connectivity index (χ4n) is 2.47. The van der Waals surface area contributed by atoms with E-state index in [1.165, 1.54) is 5.56 Å². The number of hydrogen-bond donors (Lipinski definition) is 1. The van der Waals surface area contributed by atoms with Gasteiger partial charge in [-0.05, 0) is 48.2 Å². The second-order valence-corrected chi connectivity index (χ2v) is 5.38. The highest BCUT2D eigenvalue weighted by atomic mass is 35.5. The molecule has 0 amide bonds. The molecule has 1 aliphatic heterocycles. The number of nitrogens with one attached hydrogen (secondary N) is 1. The summed E-state index contributed by atoms with van der Waals surface area (Å²) in [4.78, 5) is 16.3. The van der Waals surface area contributed by atoms with Crippen LogP contribution in [-0.4, -0.2) is 17.3 Å². The second-order valence-electron chi connectivity index (χ2n) is 4.97. The summed E-state index contributed by atoms with van der Waals surface area (Å²) in [5.74, 6) is 0.0893. The lowest BCUT2D eigenvalue weighted by atomic mass is 9.97. The minimum absolute atomic E-state index is 0.0893. The summed E-state index contributed by atoms with van der Waals surface area (Å²) in [6.07, 6.45) is 5.68. The van der Waals surface area contributed by atoms with E-state index in [1.54, 1.807) is 18.5 Å². The number of hydrogen-bond acceptors (Lipinski definition) is 3. The first-order chi connectivity index (χ1) is 9.74. The van der Waals surface area contributed by atoms with Crippen molar-refractivity contribution in [2.45, 2.75) is 19.3 Å². The van der Waals surface area contributed by atoms with Crippen molar-refractivity contribution in [2.24, 2.45) is 0 Å². The number of benzene rings is 1. The van der Waals surface area contributed by atoms with Crippen molar-refractivity contribution < 1.29 is 4.79 Å². The van der Waals surface area contributed by atoms with E-state index in [1.807, 2.05) is 18.2 Å². The lowest BCUT2D eigenvalue weighted by Crippen LogP contribution is -2.13. The topological polar surface area (TPSA) is 42.0 Å². The number of rotatable bonds is 3. The Balaban J connectivity index is 1.82. The highest BCUT2D eigenvalue weighted by Crippen LogP contribution is 2.24. The Kier molecular flexibility index (Phi) is 3.70. The van der Waals surface area contributed by atoms with Crippen LogP contribution in [0.3, 0.4) is 0 Å². The van der Waals surface area contributed by atoms with E-state index in [-0.39, 0.29) is 5.78 Å².